The van der Waals surface area contributed by atoms with E-state index in [-0.39, 0.29) is 17.6 Å². The smallest absolute Gasteiger partial charge is 0.269 e. The Hall–Kier alpha value is -3.01. The maximum absolute atomic E-state index is 12.8. The lowest BCUT2D eigenvalue weighted by Crippen LogP contribution is -2.49. The van der Waals surface area contributed by atoms with Gasteiger partial charge in [-0.15, -0.1) is 10.2 Å². The van der Waals surface area contributed by atoms with E-state index in [1.165, 1.54) is 12.1 Å². The number of non-ortho nitro benzene ring substituents is 1. The van der Waals surface area contributed by atoms with Gasteiger partial charge in [-0.3, -0.25) is 19.8 Å². The summed E-state index contributed by atoms with van der Waals surface area (Å²) in [6, 6.07) is 10.6. The molecular formula is C21H19Cl2N5O4. The van der Waals surface area contributed by atoms with Crippen LogP contribution in [0.3, 0.4) is 0 Å². The van der Waals surface area contributed by atoms with E-state index in [0.717, 1.165) is 0 Å². The van der Waals surface area contributed by atoms with Crippen LogP contribution in [0.25, 0.3) is 11.5 Å². The highest BCUT2D eigenvalue weighted by atomic mass is 35.5. The molecule has 32 heavy (non-hydrogen) atoms. The average Bonchev–Trinajstić information content (AvgIpc) is 3.29. The maximum atomic E-state index is 12.8. The van der Waals surface area contributed by atoms with Crippen molar-refractivity contribution in [3.05, 3.63) is 74.1 Å². The van der Waals surface area contributed by atoms with Gasteiger partial charge in [-0.25, -0.2) is 0 Å². The van der Waals surface area contributed by atoms with Crippen LogP contribution in [-0.4, -0.2) is 57.0 Å². The summed E-state index contributed by atoms with van der Waals surface area (Å²) in [5, 5.41) is 19.8. The Labute approximate surface area is 193 Å². The fourth-order valence-corrected chi connectivity index (χ4v) is 4.04. The molecule has 11 heteroatoms. The number of hydrogen-bond donors (Lipinski definition) is 0. The van der Waals surface area contributed by atoms with E-state index in [2.05, 4.69) is 15.1 Å². The second-order valence-corrected chi connectivity index (χ2v) is 8.22. The van der Waals surface area contributed by atoms with Gasteiger partial charge in [-0.05, 0) is 37.3 Å². The second-order valence-electron chi connectivity index (χ2n) is 7.38. The Bertz CT molecular complexity index is 1140. The molecule has 0 bridgehead atoms. The van der Waals surface area contributed by atoms with Gasteiger partial charge in [0.25, 0.3) is 11.6 Å². The number of amides is 1. The number of hydrogen-bond acceptors (Lipinski definition) is 7. The number of halogens is 2. The Morgan fingerprint density at radius 1 is 1.09 bits per heavy atom. The van der Waals surface area contributed by atoms with E-state index in [1.54, 1.807) is 35.2 Å². The Balaban J connectivity index is 1.39. The molecule has 3 aromatic rings. The van der Waals surface area contributed by atoms with Crippen molar-refractivity contribution in [1.82, 2.24) is 20.0 Å². The van der Waals surface area contributed by atoms with Crippen LogP contribution in [0.2, 0.25) is 10.0 Å². The second kappa shape index (κ2) is 9.23. The third kappa shape index (κ3) is 4.59. The summed E-state index contributed by atoms with van der Waals surface area (Å²) in [4.78, 5) is 27.1. The minimum Gasteiger partial charge on any atom is -0.419 e. The van der Waals surface area contributed by atoms with Crippen LogP contribution in [0.4, 0.5) is 5.69 Å². The van der Waals surface area contributed by atoms with Crippen LogP contribution in [0.15, 0.2) is 46.9 Å². The minimum absolute atomic E-state index is 0.00540. The highest BCUT2D eigenvalue weighted by Crippen LogP contribution is 2.27. The molecule has 9 nitrogen and oxygen atoms in total. The van der Waals surface area contributed by atoms with Gasteiger partial charge in [0, 0.05) is 48.9 Å². The van der Waals surface area contributed by atoms with Crippen LogP contribution in [0.1, 0.15) is 29.2 Å². The fraction of sp³-hybridized carbons (Fsp3) is 0.286. The number of aromatic nitrogens is 2. The average molecular weight is 476 g/mol. The molecule has 1 fully saturated rings. The van der Waals surface area contributed by atoms with Crippen molar-refractivity contribution in [2.75, 3.05) is 26.2 Å². The molecule has 1 aliphatic heterocycles. The molecule has 1 amide bonds. The number of benzene rings is 2. The summed E-state index contributed by atoms with van der Waals surface area (Å²) in [7, 11) is 0. The van der Waals surface area contributed by atoms with Gasteiger partial charge in [0.1, 0.15) is 0 Å². The number of carbonyl (C=O) groups is 1. The Morgan fingerprint density at radius 2 is 1.78 bits per heavy atom. The molecule has 1 atom stereocenters. The molecule has 166 valence electrons. The quantitative estimate of drug-likeness (QED) is 0.395. The van der Waals surface area contributed by atoms with Gasteiger partial charge in [0.15, 0.2) is 0 Å². The topological polar surface area (TPSA) is 106 Å². The lowest BCUT2D eigenvalue weighted by Gasteiger charge is -2.37. The molecule has 0 radical (unpaired) electrons. The van der Waals surface area contributed by atoms with E-state index in [1.807, 2.05) is 6.92 Å². The lowest BCUT2D eigenvalue weighted by molar-refractivity contribution is -0.384. The van der Waals surface area contributed by atoms with Gasteiger partial charge in [-0.1, -0.05) is 23.2 Å². The molecule has 0 saturated carbocycles. The zero-order valence-electron chi connectivity index (χ0n) is 17.1. The normalized spacial score (nSPS) is 15.5. The van der Waals surface area contributed by atoms with Crippen LogP contribution in [-0.2, 0) is 0 Å². The van der Waals surface area contributed by atoms with Gasteiger partial charge in [0.05, 0.1) is 21.6 Å². The van der Waals surface area contributed by atoms with Gasteiger partial charge >= 0.3 is 0 Å². The molecule has 1 unspecified atom stereocenters. The highest BCUT2D eigenvalue weighted by Gasteiger charge is 2.28. The zero-order valence-corrected chi connectivity index (χ0v) is 18.6. The SMILES string of the molecule is CC(c1nnc(-c2ccc([N+](=O)[O-])cc2)o1)N1CCN(C(=O)c2ccc(Cl)cc2Cl)CC1. The first-order valence-electron chi connectivity index (χ1n) is 9.90. The highest BCUT2D eigenvalue weighted by molar-refractivity contribution is 6.36. The van der Waals surface area contributed by atoms with Crippen molar-refractivity contribution in [2.45, 2.75) is 13.0 Å². The third-order valence-corrected chi connectivity index (χ3v) is 5.98. The summed E-state index contributed by atoms with van der Waals surface area (Å²) in [5.74, 6) is 0.615. The van der Waals surface area contributed by atoms with Crippen molar-refractivity contribution in [3.63, 3.8) is 0 Å². The molecule has 0 spiro atoms. The molecule has 1 aromatic heterocycles. The van der Waals surface area contributed by atoms with Crippen molar-refractivity contribution in [1.29, 1.82) is 0 Å². The maximum Gasteiger partial charge on any atom is 0.269 e. The summed E-state index contributed by atoms with van der Waals surface area (Å²) in [5.41, 5.74) is 1.04. The molecule has 2 heterocycles. The van der Waals surface area contributed by atoms with Crippen LogP contribution < -0.4 is 0 Å². The minimum atomic E-state index is -0.462. The first-order chi connectivity index (χ1) is 15.3. The number of rotatable bonds is 5. The third-order valence-electron chi connectivity index (χ3n) is 5.43. The van der Waals surface area contributed by atoms with Crippen molar-refractivity contribution < 1.29 is 14.1 Å². The number of piperazine rings is 1. The number of carbonyl (C=O) groups excluding carboxylic acids is 1. The molecule has 2 aromatic carbocycles. The monoisotopic (exact) mass is 475 g/mol. The predicted molar refractivity (Wildman–Crippen MR) is 119 cm³/mol. The van der Waals surface area contributed by atoms with Crippen molar-refractivity contribution >= 4 is 34.8 Å². The molecule has 0 aliphatic carbocycles. The zero-order chi connectivity index (χ0) is 22.8. The molecule has 1 aliphatic rings. The first-order valence-corrected chi connectivity index (χ1v) is 10.7. The predicted octanol–water partition coefficient (Wildman–Crippen LogP) is 4.47. The Morgan fingerprint density at radius 3 is 2.41 bits per heavy atom. The van der Waals surface area contributed by atoms with Crippen molar-refractivity contribution in [2.24, 2.45) is 0 Å². The van der Waals surface area contributed by atoms with Gasteiger partial charge in [0.2, 0.25) is 11.8 Å². The number of nitro groups is 1. The molecule has 1 saturated heterocycles. The van der Waals surface area contributed by atoms with E-state index >= 15 is 0 Å². The molecule has 4 rings (SSSR count). The number of nitro benzene ring substituents is 1. The molecular weight excluding hydrogens is 457 g/mol. The molecule has 0 N–H and O–H groups in total. The van der Waals surface area contributed by atoms with E-state index in [4.69, 9.17) is 27.6 Å². The van der Waals surface area contributed by atoms with E-state index in [9.17, 15) is 14.9 Å². The largest absolute Gasteiger partial charge is 0.419 e. The van der Waals surface area contributed by atoms with Crippen molar-refractivity contribution in [3.8, 4) is 11.5 Å². The lowest BCUT2D eigenvalue weighted by atomic mass is 10.1. The summed E-state index contributed by atoms with van der Waals surface area (Å²) < 4.78 is 5.81. The van der Waals surface area contributed by atoms with Crippen LogP contribution in [0.5, 0.6) is 0 Å². The number of nitrogens with zero attached hydrogens (tertiary/aromatic N) is 5. The summed E-state index contributed by atoms with van der Waals surface area (Å²) in [6.45, 7) is 4.29. The van der Waals surface area contributed by atoms with E-state index < -0.39 is 4.92 Å². The summed E-state index contributed by atoms with van der Waals surface area (Å²) >= 11 is 12.1. The van der Waals surface area contributed by atoms with Gasteiger partial charge < -0.3 is 9.32 Å². The van der Waals surface area contributed by atoms with E-state index in [0.29, 0.717) is 59.1 Å². The Kier molecular flexibility index (Phi) is 6.40. The van der Waals surface area contributed by atoms with Crippen LogP contribution >= 0.6 is 23.2 Å². The van der Waals surface area contributed by atoms with Crippen LogP contribution in [0, 0.1) is 10.1 Å². The summed E-state index contributed by atoms with van der Waals surface area (Å²) in [6.07, 6.45) is 0. The van der Waals surface area contributed by atoms with Gasteiger partial charge in [-0.2, -0.15) is 0 Å². The standard InChI is InChI=1S/C21H19Cl2N5O4/c1-13(19-24-25-20(32-19)14-2-5-16(6-3-14)28(30)31)26-8-10-27(11-9-26)21(29)17-7-4-15(22)12-18(17)23/h2-7,12-13H,8-11H2,1H3. The fourth-order valence-electron chi connectivity index (χ4n) is 3.55. The first kappa shape index (κ1) is 22.2.